The zero-order valence-electron chi connectivity index (χ0n) is 17.5. The van der Waals surface area contributed by atoms with E-state index in [1.165, 1.54) is 26.9 Å². The first-order chi connectivity index (χ1) is 15.9. The molecule has 166 valence electrons. The Morgan fingerprint density at radius 2 is 1.97 bits per heavy atom. The number of hydrogen-bond acceptors (Lipinski definition) is 8. The Balaban J connectivity index is 1.39. The number of carbonyl (C=O) groups excluding carboxylic acids is 2. The van der Waals surface area contributed by atoms with Crippen molar-refractivity contribution in [3.63, 3.8) is 0 Å². The fourth-order valence-corrected chi connectivity index (χ4v) is 4.06. The van der Waals surface area contributed by atoms with Crippen molar-refractivity contribution >= 4 is 51.1 Å². The maximum atomic E-state index is 12.9. The number of aryl methyl sites for hydroxylation is 2. The summed E-state index contributed by atoms with van der Waals surface area (Å²) in [7, 11) is 3.26. The number of anilines is 1. The second kappa shape index (κ2) is 7.98. The van der Waals surface area contributed by atoms with Gasteiger partial charge in [-0.25, -0.2) is 19.4 Å². The van der Waals surface area contributed by atoms with Gasteiger partial charge in [0.15, 0.2) is 17.1 Å². The summed E-state index contributed by atoms with van der Waals surface area (Å²) in [6, 6.07) is 6.93. The molecule has 1 aromatic carbocycles. The molecule has 4 heterocycles. The zero-order valence-corrected chi connectivity index (χ0v) is 18.3. The lowest BCUT2D eigenvalue weighted by atomic mass is 10.2. The lowest BCUT2D eigenvalue weighted by molar-refractivity contribution is 0.0946. The van der Waals surface area contributed by atoms with Crippen LogP contribution in [-0.4, -0.2) is 36.1 Å². The van der Waals surface area contributed by atoms with E-state index in [1.54, 1.807) is 43.7 Å². The molecule has 11 nitrogen and oxygen atoms in total. The number of nitrogens with one attached hydrogen (secondary N) is 2. The molecule has 0 spiro atoms. The first-order valence-corrected chi connectivity index (χ1v) is 10.7. The minimum absolute atomic E-state index is 0.0865. The molecule has 0 aliphatic rings. The standard InChI is InChI=1S/C21H17N7O4S/c1-27-13-7-11(3-4-14(13)32-21(27)31)8-22-20(30)17-15-16(23-10-24-17)18(28(2)26-15)25-19(29)12-5-6-33-9-12/h3-7,9-10H,8H2,1-2H3,(H,22,30)(H,25,29). The van der Waals surface area contributed by atoms with Gasteiger partial charge in [-0.2, -0.15) is 16.4 Å². The quantitative estimate of drug-likeness (QED) is 0.407. The third kappa shape index (κ3) is 3.65. The van der Waals surface area contributed by atoms with Crippen LogP contribution in [-0.2, 0) is 20.6 Å². The van der Waals surface area contributed by atoms with E-state index in [1.807, 2.05) is 5.38 Å². The van der Waals surface area contributed by atoms with E-state index >= 15 is 0 Å². The summed E-state index contributed by atoms with van der Waals surface area (Å²) in [6.07, 6.45) is 1.26. The molecule has 0 atom stereocenters. The summed E-state index contributed by atoms with van der Waals surface area (Å²) in [6.45, 7) is 0.203. The molecule has 0 unspecified atom stereocenters. The average Bonchev–Trinajstić information content (AvgIpc) is 3.52. The van der Waals surface area contributed by atoms with E-state index in [2.05, 4.69) is 25.7 Å². The van der Waals surface area contributed by atoms with Crippen LogP contribution in [0, 0.1) is 0 Å². The Hall–Kier alpha value is -4.32. The largest absolute Gasteiger partial charge is 0.419 e. The molecule has 33 heavy (non-hydrogen) atoms. The van der Waals surface area contributed by atoms with Crippen molar-refractivity contribution < 1.29 is 14.0 Å². The van der Waals surface area contributed by atoms with Gasteiger partial charge in [0, 0.05) is 26.0 Å². The predicted molar refractivity (Wildman–Crippen MR) is 121 cm³/mol. The van der Waals surface area contributed by atoms with Gasteiger partial charge in [-0.15, -0.1) is 0 Å². The molecule has 0 aliphatic heterocycles. The van der Waals surface area contributed by atoms with E-state index in [9.17, 15) is 14.4 Å². The molecule has 12 heteroatoms. The van der Waals surface area contributed by atoms with Crippen molar-refractivity contribution in [3.8, 4) is 0 Å². The third-order valence-electron chi connectivity index (χ3n) is 5.16. The molecule has 2 amide bonds. The second-order valence-corrected chi connectivity index (χ2v) is 8.05. The van der Waals surface area contributed by atoms with Crippen LogP contribution in [0.4, 0.5) is 5.82 Å². The second-order valence-electron chi connectivity index (χ2n) is 7.27. The Bertz CT molecular complexity index is 1580. The van der Waals surface area contributed by atoms with Gasteiger partial charge in [-0.05, 0) is 29.1 Å². The predicted octanol–water partition coefficient (Wildman–Crippen LogP) is 2.05. The molecule has 0 saturated heterocycles. The summed E-state index contributed by atoms with van der Waals surface area (Å²) in [5, 5.41) is 13.5. The van der Waals surface area contributed by atoms with Crippen LogP contribution in [0.5, 0.6) is 0 Å². The van der Waals surface area contributed by atoms with Gasteiger partial charge in [0.2, 0.25) is 0 Å². The molecular weight excluding hydrogens is 446 g/mol. The van der Waals surface area contributed by atoms with Crippen molar-refractivity contribution in [2.75, 3.05) is 5.32 Å². The van der Waals surface area contributed by atoms with E-state index in [0.29, 0.717) is 28.0 Å². The average molecular weight is 463 g/mol. The summed E-state index contributed by atoms with van der Waals surface area (Å²) in [4.78, 5) is 45.3. The molecular formula is C21H17N7O4S. The molecule has 0 aliphatic carbocycles. The van der Waals surface area contributed by atoms with Gasteiger partial charge < -0.3 is 15.1 Å². The van der Waals surface area contributed by atoms with Gasteiger partial charge in [-0.1, -0.05) is 6.07 Å². The number of fused-ring (bicyclic) bond motifs is 2. The van der Waals surface area contributed by atoms with E-state index < -0.39 is 11.7 Å². The molecule has 5 rings (SSSR count). The van der Waals surface area contributed by atoms with Crippen molar-refractivity contribution in [3.05, 3.63) is 68.7 Å². The SMILES string of the molecule is Cn1nc2c(C(=O)NCc3ccc4oc(=O)n(C)c4c3)ncnc2c1NC(=O)c1ccsc1. The van der Waals surface area contributed by atoms with Crippen LogP contribution in [0.25, 0.3) is 22.1 Å². The number of thiophene rings is 1. The highest BCUT2D eigenvalue weighted by Gasteiger charge is 2.21. The molecule has 2 N–H and O–H groups in total. The molecule has 0 fully saturated rings. The Morgan fingerprint density at radius 1 is 1.12 bits per heavy atom. The fourth-order valence-electron chi connectivity index (χ4n) is 3.43. The molecule has 0 bridgehead atoms. The highest BCUT2D eigenvalue weighted by molar-refractivity contribution is 7.08. The lowest BCUT2D eigenvalue weighted by Gasteiger charge is -2.06. The smallest absolute Gasteiger partial charge is 0.408 e. The van der Waals surface area contributed by atoms with Gasteiger partial charge >= 0.3 is 5.76 Å². The third-order valence-corrected chi connectivity index (χ3v) is 5.84. The summed E-state index contributed by atoms with van der Waals surface area (Å²) in [5.41, 5.74) is 3.12. The van der Waals surface area contributed by atoms with E-state index in [-0.39, 0.29) is 23.7 Å². The van der Waals surface area contributed by atoms with Gasteiger partial charge in [0.25, 0.3) is 11.8 Å². The van der Waals surface area contributed by atoms with E-state index in [0.717, 1.165) is 5.56 Å². The van der Waals surface area contributed by atoms with Crippen LogP contribution in [0.3, 0.4) is 0 Å². The van der Waals surface area contributed by atoms with Crippen molar-refractivity contribution in [1.82, 2.24) is 29.6 Å². The van der Waals surface area contributed by atoms with Gasteiger partial charge in [0.05, 0.1) is 11.1 Å². The number of hydrogen-bond donors (Lipinski definition) is 2. The van der Waals surface area contributed by atoms with Gasteiger partial charge in [0.1, 0.15) is 17.4 Å². The van der Waals surface area contributed by atoms with Crippen LogP contribution in [0.1, 0.15) is 26.4 Å². The van der Waals surface area contributed by atoms with Crippen molar-refractivity contribution in [2.24, 2.45) is 14.1 Å². The summed E-state index contributed by atoms with van der Waals surface area (Å²) < 4.78 is 7.97. The Labute approximate surface area is 189 Å². The first-order valence-electron chi connectivity index (χ1n) is 9.80. The molecule has 5 aromatic rings. The minimum Gasteiger partial charge on any atom is -0.408 e. The van der Waals surface area contributed by atoms with Crippen molar-refractivity contribution in [1.29, 1.82) is 0 Å². The van der Waals surface area contributed by atoms with Crippen LogP contribution >= 0.6 is 11.3 Å². The number of amides is 2. The van der Waals surface area contributed by atoms with Gasteiger partial charge in [-0.3, -0.25) is 14.2 Å². The first kappa shape index (κ1) is 20.6. The maximum Gasteiger partial charge on any atom is 0.419 e. The molecule has 4 aromatic heterocycles. The lowest BCUT2D eigenvalue weighted by Crippen LogP contribution is -2.24. The summed E-state index contributed by atoms with van der Waals surface area (Å²) >= 11 is 1.42. The highest BCUT2D eigenvalue weighted by Crippen LogP contribution is 2.23. The highest BCUT2D eigenvalue weighted by atomic mass is 32.1. The molecule has 0 radical (unpaired) electrons. The fraction of sp³-hybridized carbons (Fsp3) is 0.143. The maximum absolute atomic E-state index is 12.9. The molecule has 0 saturated carbocycles. The Kier molecular flexibility index (Phi) is 4.98. The van der Waals surface area contributed by atoms with Crippen LogP contribution in [0.15, 0.2) is 50.6 Å². The monoisotopic (exact) mass is 463 g/mol. The van der Waals surface area contributed by atoms with Crippen LogP contribution < -0.4 is 16.4 Å². The normalized spacial score (nSPS) is 11.2. The number of rotatable bonds is 5. The number of benzene rings is 1. The van der Waals surface area contributed by atoms with Crippen molar-refractivity contribution in [2.45, 2.75) is 6.54 Å². The minimum atomic E-state index is -0.452. The number of aromatic nitrogens is 5. The number of carbonyl (C=O) groups is 2. The van der Waals surface area contributed by atoms with E-state index in [4.69, 9.17) is 4.42 Å². The number of oxazole rings is 1. The zero-order chi connectivity index (χ0) is 23.1. The van der Waals surface area contributed by atoms with Crippen LogP contribution in [0.2, 0.25) is 0 Å². The topological polar surface area (TPSA) is 137 Å². The summed E-state index contributed by atoms with van der Waals surface area (Å²) in [5.74, 6) is -0.831. The number of nitrogens with zero attached hydrogens (tertiary/aromatic N) is 5. The Morgan fingerprint density at radius 3 is 2.76 bits per heavy atom.